The maximum Gasteiger partial charge on any atom is 0.311 e. The van der Waals surface area contributed by atoms with Gasteiger partial charge in [-0.05, 0) is 37.0 Å². The number of benzene rings is 1. The van der Waals surface area contributed by atoms with Crippen LogP contribution < -0.4 is 4.74 Å². The molecule has 0 radical (unpaired) electrons. The quantitative estimate of drug-likeness (QED) is 0.211. The van der Waals surface area contributed by atoms with Crippen LogP contribution in [-0.4, -0.2) is 5.97 Å². The fourth-order valence-corrected chi connectivity index (χ4v) is 2.93. The van der Waals surface area contributed by atoms with E-state index in [1.807, 2.05) is 19.1 Å². The molecule has 1 aromatic rings. The number of unbranched alkanes of at least 4 members (excludes halogenated alkanes) is 9. The highest BCUT2D eigenvalue weighted by molar-refractivity contribution is 5.72. The Morgan fingerprint density at radius 1 is 0.750 bits per heavy atom. The second-order valence-corrected chi connectivity index (χ2v) is 6.80. The van der Waals surface area contributed by atoms with Crippen molar-refractivity contribution in [2.24, 2.45) is 0 Å². The Kier molecular flexibility index (Phi) is 12.2. The lowest BCUT2D eigenvalue weighted by molar-refractivity contribution is -0.134. The Labute approximate surface area is 149 Å². The van der Waals surface area contributed by atoms with E-state index >= 15 is 0 Å². The van der Waals surface area contributed by atoms with Crippen molar-refractivity contribution in [2.75, 3.05) is 0 Å². The van der Waals surface area contributed by atoms with Crippen LogP contribution in [-0.2, 0) is 11.2 Å². The number of aryl methyl sites for hydroxylation is 1. The van der Waals surface area contributed by atoms with Gasteiger partial charge >= 0.3 is 5.97 Å². The summed E-state index contributed by atoms with van der Waals surface area (Å²) < 4.78 is 5.28. The van der Waals surface area contributed by atoms with Crippen molar-refractivity contribution < 1.29 is 9.53 Å². The van der Waals surface area contributed by atoms with Crippen molar-refractivity contribution in [1.82, 2.24) is 0 Å². The van der Waals surface area contributed by atoms with Crippen LogP contribution in [0.1, 0.15) is 96.5 Å². The molecule has 0 heterocycles. The first-order valence-electron chi connectivity index (χ1n) is 10.1. The summed E-state index contributed by atoms with van der Waals surface area (Å²) >= 11 is 0. The molecule has 0 atom stereocenters. The van der Waals surface area contributed by atoms with Crippen LogP contribution in [0.3, 0.4) is 0 Å². The number of esters is 1. The molecule has 0 aliphatic rings. The predicted molar refractivity (Wildman–Crippen MR) is 103 cm³/mol. The molecule has 1 aromatic carbocycles. The SMILES string of the molecule is CCCCCCCCCCCCc1ccc(OC(=O)CCC)cc1. The van der Waals surface area contributed by atoms with E-state index < -0.39 is 0 Å². The second-order valence-electron chi connectivity index (χ2n) is 6.80. The van der Waals surface area contributed by atoms with Gasteiger partial charge in [0.15, 0.2) is 0 Å². The first kappa shape index (κ1) is 20.7. The standard InChI is InChI=1S/C22H36O2/c1-3-5-6-7-8-9-10-11-12-13-15-20-16-18-21(19-17-20)24-22(23)14-4-2/h16-19H,3-15H2,1-2H3. The van der Waals surface area contributed by atoms with Gasteiger partial charge in [-0.2, -0.15) is 0 Å². The van der Waals surface area contributed by atoms with Crippen LogP contribution in [0, 0.1) is 0 Å². The van der Waals surface area contributed by atoms with Gasteiger partial charge in [0.1, 0.15) is 5.75 Å². The van der Waals surface area contributed by atoms with Crippen molar-refractivity contribution in [3.8, 4) is 5.75 Å². The first-order valence-corrected chi connectivity index (χ1v) is 10.1. The molecule has 0 saturated carbocycles. The molecule has 0 fully saturated rings. The number of ether oxygens (including phenoxy) is 1. The Morgan fingerprint density at radius 3 is 1.83 bits per heavy atom. The van der Waals surface area contributed by atoms with Gasteiger partial charge in [-0.15, -0.1) is 0 Å². The Morgan fingerprint density at radius 2 is 1.29 bits per heavy atom. The molecule has 0 aliphatic heterocycles. The summed E-state index contributed by atoms with van der Waals surface area (Å²) in [5.74, 6) is 0.528. The van der Waals surface area contributed by atoms with Crippen LogP contribution >= 0.6 is 0 Å². The number of rotatable bonds is 14. The highest BCUT2D eigenvalue weighted by atomic mass is 16.5. The molecule has 0 aromatic heterocycles. The highest BCUT2D eigenvalue weighted by Crippen LogP contribution is 2.16. The summed E-state index contributed by atoms with van der Waals surface area (Å²) in [6.07, 6.45) is 16.2. The zero-order valence-electron chi connectivity index (χ0n) is 15.8. The zero-order chi connectivity index (χ0) is 17.5. The molecule has 0 bridgehead atoms. The molecule has 0 spiro atoms. The lowest BCUT2D eigenvalue weighted by Crippen LogP contribution is -2.06. The fourth-order valence-electron chi connectivity index (χ4n) is 2.93. The smallest absolute Gasteiger partial charge is 0.311 e. The predicted octanol–water partition coefficient (Wildman–Crippen LogP) is 6.86. The monoisotopic (exact) mass is 332 g/mol. The molecule has 136 valence electrons. The van der Waals surface area contributed by atoms with E-state index in [0.717, 1.165) is 12.8 Å². The Bertz CT molecular complexity index is 422. The van der Waals surface area contributed by atoms with Gasteiger partial charge in [0.05, 0.1) is 0 Å². The summed E-state index contributed by atoms with van der Waals surface area (Å²) in [5, 5.41) is 0. The maximum absolute atomic E-state index is 11.4. The zero-order valence-corrected chi connectivity index (χ0v) is 15.8. The van der Waals surface area contributed by atoms with E-state index in [1.54, 1.807) is 0 Å². The van der Waals surface area contributed by atoms with Crippen LogP contribution in [0.4, 0.5) is 0 Å². The summed E-state index contributed by atoms with van der Waals surface area (Å²) in [7, 11) is 0. The topological polar surface area (TPSA) is 26.3 Å². The van der Waals surface area contributed by atoms with Crippen molar-refractivity contribution in [3.05, 3.63) is 29.8 Å². The van der Waals surface area contributed by atoms with Crippen molar-refractivity contribution in [1.29, 1.82) is 0 Å². The maximum atomic E-state index is 11.4. The summed E-state index contributed by atoms with van der Waals surface area (Å²) in [5.41, 5.74) is 1.34. The number of carbonyl (C=O) groups is 1. The molecule has 24 heavy (non-hydrogen) atoms. The van der Waals surface area contributed by atoms with Gasteiger partial charge in [0.2, 0.25) is 0 Å². The highest BCUT2D eigenvalue weighted by Gasteiger charge is 2.03. The minimum atomic E-state index is -0.139. The van der Waals surface area contributed by atoms with E-state index in [9.17, 15) is 4.79 Å². The molecule has 0 aliphatic carbocycles. The average Bonchev–Trinajstić information content (AvgIpc) is 2.58. The Hall–Kier alpha value is -1.31. The van der Waals surface area contributed by atoms with Crippen LogP contribution in [0.25, 0.3) is 0 Å². The largest absolute Gasteiger partial charge is 0.427 e. The molecule has 0 amide bonds. The minimum absolute atomic E-state index is 0.139. The molecule has 2 heteroatoms. The van der Waals surface area contributed by atoms with E-state index in [0.29, 0.717) is 12.2 Å². The molecule has 1 rings (SSSR count). The summed E-state index contributed by atoms with van der Waals surface area (Å²) in [6.45, 7) is 4.25. The van der Waals surface area contributed by atoms with E-state index in [-0.39, 0.29) is 5.97 Å². The van der Waals surface area contributed by atoms with Crippen LogP contribution in [0.5, 0.6) is 5.75 Å². The van der Waals surface area contributed by atoms with Gasteiger partial charge < -0.3 is 4.74 Å². The molecule has 0 saturated heterocycles. The normalized spacial score (nSPS) is 10.8. The molecular weight excluding hydrogens is 296 g/mol. The lowest BCUT2D eigenvalue weighted by atomic mass is 10.0. The second kappa shape index (κ2) is 14.1. The van der Waals surface area contributed by atoms with Crippen LogP contribution in [0.2, 0.25) is 0 Å². The van der Waals surface area contributed by atoms with Crippen molar-refractivity contribution in [3.63, 3.8) is 0 Å². The van der Waals surface area contributed by atoms with Crippen LogP contribution in [0.15, 0.2) is 24.3 Å². The number of hydrogen-bond donors (Lipinski definition) is 0. The van der Waals surface area contributed by atoms with Gasteiger partial charge in [0.25, 0.3) is 0 Å². The van der Waals surface area contributed by atoms with Gasteiger partial charge in [-0.25, -0.2) is 0 Å². The lowest BCUT2D eigenvalue weighted by Gasteiger charge is -2.06. The van der Waals surface area contributed by atoms with Gasteiger partial charge in [0, 0.05) is 6.42 Å². The average molecular weight is 333 g/mol. The third-order valence-electron chi connectivity index (χ3n) is 4.43. The fraction of sp³-hybridized carbons (Fsp3) is 0.682. The molecular formula is C22H36O2. The molecule has 2 nitrogen and oxygen atoms in total. The van der Waals surface area contributed by atoms with E-state index in [4.69, 9.17) is 4.74 Å². The molecule has 0 N–H and O–H groups in total. The van der Waals surface area contributed by atoms with Gasteiger partial charge in [-0.3, -0.25) is 4.79 Å². The summed E-state index contributed by atoms with van der Waals surface area (Å²) in [6, 6.07) is 8.00. The third-order valence-corrected chi connectivity index (χ3v) is 4.43. The Balaban J connectivity index is 2.04. The van der Waals surface area contributed by atoms with Crippen molar-refractivity contribution in [2.45, 2.75) is 97.3 Å². The summed E-state index contributed by atoms with van der Waals surface area (Å²) in [4.78, 5) is 11.4. The first-order chi connectivity index (χ1) is 11.8. The molecule has 0 unspecified atom stereocenters. The number of carbonyl (C=O) groups excluding carboxylic acids is 1. The van der Waals surface area contributed by atoms with Gasteiger partial charge in [-0.1, -0.05) is 83.8 Å². The minimum Gasteiger partial charge on any atom is -0.427 e. The van der Waals surface area contributed by atoms with Crippen molar-refractivity contribution >= 4 is 5.97 Å². The number of hydrogen-bond acceptors (Lipinski definition) is 2. The third kappa shape index (κ3) is 10.5. The van der Waals surface area contributed by atoms with E-state index in [2.05, 4.69) is 19.1 Å². The van der Waals surface area contributed by atoms with E-state index in [1.165, 1.54) is 69.8 Å².